The molecule has 0 aliphatic heterocycles. The number of pyridine rings is 1. The maximum atomic E-state index is 12.3. The summed E-state index contributed by atoms with van der Waals surface area (Å²) in [7, 11) is 1.50. The topological polar surface area (TPSA) is 81.4 Å². The van der Waals surface area contributed by atoms with Gasteiger partial charge >= 0.3 is 12.1 Å². The number of hydrogen-bond donors (Lipinski definition) is 1. The molecule has 0 atom stereocenters. The number of anilines is 1. The Hall–Kier alpha value is -2.91. The number of carbonyl (C=O) groups is 1. The van der Waals surface area contributed by atoms with Crippen LogP contribution in [0.5, 0.6) is 5.75 Å². The minimum atomic E-state index is -4.98. The summed E-state index contributed by atoms with van der Waals surface area (Å²) in [6.45, 7) is 3.24. The zero-order chi connectivity index (χ0) is 17.9. The Morgan fingerprint density at radius 2 is 2.08 bits per heavy atom. The molecule has 0 aliphatic rings. The van der Waals surface area contributed by atoms with E-state index >= 15 is 0 Å². The maximum absolute atomic E-state index is 12.3. The average Bonchev–Trinajstić information content (AvgIpc) is 2.86. The fraction of sp³-hybridized carbons (Fsp3) is 0.286. The first-order chi connectivity index (χ1) is 11.2. The van der Waals surface area contributed by atoms with Crippen molar-refractivity contribution in [3.8, 4) is 5.75 Å². The lowest BCUT2D eigenvalue weighted by Crippen LogP contribution is -2.30. The van der Waals surface area contributed by atoms with E-state index in [4.69, 9.17) is 4.74 Å². The molecule has 24 heavy (non-hydrogen) atoms. The third kappa shape index (κ3) is 4.09. The van der Waals surface area contributed by atoms with Gasteiger partial charge in [-0.15, -0.1) is 0 Å². The van der Waals surface area contributed by atoms with Gasteiger partial charge in [-0.2, -0.15) is 18.3 Å². The van der Waals surface area contributed by atoms with Crippen molar-refractivity contribution < 1.29 is 22.7 Å². The molecule has 0 fully saturated rings. The Bertz CT molecular complexity index is 783. The second kappa shape index (κ2) is 6.69. The molecule has 0 radical (unpaired) electrons. The molecule has 128 valence electrons. The quantitative estimate of drug-likeness (QED) is 0.866. The molecule has 0 unspecified atom stereocenters. The Labute approximate surface area is 135 Å². The molecule has 1 amide bonds. The summed E-state index contributed by atoms with van der Waals surface area (Å²) in [4.78, 5) is 18.8. The molecule has 0 aromatic carbocycles. The number of ether oxygens (including phenoxy) is 1. The van der Waals surface area contributed by atoms with Crippen LogP contribution < -0.4 is 10.1 Å². The summed E-state index contributed by atoms with van der Waals surface area (Å²) < 4.78 is 43.1. The molecule has 0 saturated carbocycles. The van der Waals surface area contributed by atoms with Crippen LogP contribution in [0.25, 0.3) is 0 Å². The van der Waals surface area contributed by atoms with Crippen molar-refractivity contribution in [3.63, 3.8) is 0 Å². The van der Waals surface area contributed by atoms with E-state index in [0.717, 1.165) is 0 Å². The number of carbonyl (C=O) groups excluding carboxylic acids is 1. The Balaban J connectivity index is 2.24. The van der Waals surface area contributed by atoms with Crippen molar-refractivity contribution in [1.82, 2.24) is 14.6 Å². The highest BCUT2D eigenvalue weighted by Crippen LogP contribution is 2.18. The van der Waals surface area contributed by atoms with Gasteiger partial charge in [0.1, 0.15) is 11.6 Å². The van der Waals surface area contributed by atoms with Crippen LogP contribution in [-0.4, -0.2) is 39.5 Å². The van der Waals surface area contributed by atoms with Gasteiger partial charge in [-0.1, -0.05) is 0 Å². The number of aryl methyl sites for hydroxylation is 1. The zero-order valence-electron chi connectivity index (χ0n) is 13.0. The van der Waals surface area contributed by atoms with Gasteiger partial charge in [0.2, 0.25) is 0 Å². The molecule has 0 aliphatic carbocycles. The van der Waals surface area contributed by atoms with Crippen LogP contribution in [0.3, 0.4) is 0 Å². The number of alkyl halides is 3. The van der Waals surface area contributed by atoms with Gasteiger partial charge < -0.3 is 10.1 Å². The lowest BCUT2D eigenvalue weighted by molar-refractivity contribution is -0.167. The van der Waals surface area contributed by atoms with E-state index in [0.29, 0.717) is 22.8 Å². The van der Waals surface area contributed by atoms with Gasteiger partial charge in [-0.25, -0.2) is 9.66 Å². The normalized spacial score (nSPS) is 12.2. The van der Waals surface area contributed by atoms with Crippen LogP contribution in [0, 0.1) is 6.92 Å². The predicted molar refractivity (Wildman–Crippen MR) is 80.0 cm³/mol. The molecule has 2 heterocycles. The summed E-state index contributed by atoms with van der Waals surface area (Å²) >= 11 is 0. The van der Waals surface area contributed by atoms with Crippen molar-refractivity contribution in [2.75, 3.05) is 12.4 Å². The van der Waals surface area contributed by atoms with E-state index in [1.807, 2.05) is 0 Å². The van der Waals surface area contributed by atoms with Crippen molar-refractivity contribution in [3.05, 3.63) is 36.0 Å². The van der Waals surface area contributed by atoms with Crippen LogP contribution >= 0.6 is 0 Å². The van der Waals surface area contributed by atoms with Gasteiger partial charge in [0, 0.05) is 11.8 Å². The molecule has 7 nitrogen and oxygen atoms in total. The first kappa shape index (κ1) is 17.4. The highest BCUT2D eigenvalue weighted by atomic mass is 19.4. The number of halogens is 3. The van der Waals surface area contributed by atoms with Crippen molar-refractivity contribution in [2.24, 2.45) is 5.10 Å². The van der Waals surface area contributed by atoms with Gasteiger partial charge in [-0.3, -0.25) is 9.78 Å². The number of aromatic nitrogens is 3. The van der Waals surface area contributed by atoms with Gasteiger partial charge in [0.25, 0.3) is 0 Å². The summed E-state index contributed by atoms with van der Waals surface area (Å²) in [5, 5.41) is 5.91. The van der Waals surface area contributed by atoms with Crippen LogP contribution in [0.1, 0.15) is 18.3 Å². The first-order valence-corrected chi connectivity index (χ1v) is 6.70. The summed E-state index contributed by atoms with van der Waals surface area (Å²) in [5.74, 6) is -1.48. The summed E-state index contributed by atoms with van der Waals surface area (Å²) in [6, 6.07) is 1.71. The molecule has 0 spiro atoms. The number of nitrogens with zero attached hydrogens (tertiary/aromatic N) is 4. The summed E-state index contributed by atoms with van der Waals surface area (Å²) in [5.41, 5.74) is 1.21. The molecule has 10 heteroatoms. The van der Waals surface area contributed by atoms with E-state index in [2.05, 4.69) is 15.1 Å². The summed E-state index contributed by atoms with van der Waals surface area (Å²) in [6.07, 6.45) is -0.691. The third-order valence-corrected chi connectivity index (χ3v) is 2.98. The monoisotopic (exact) mass is 341 g/mol. The number of methoxy groups -OCH3 is 1. The Morgan fingerprint density at radius 3 is 2.71 bits per heavy atom. The molecular weight excluding hydrogens is 327 g/mol. The highest BCUT2D eigenvalue weighted by molar-refractivity contribution is 5.98. The zero-order valence-corrected chi connectivity index (χ0v) is 13.0. The van der Waals surface area contributed by atoms with Gasteiger partial charge in [-0.05, 0) is 19.9 Å². The van der Waals surface area contributed by atoms with E-state index in [9.17, 15) is 18.0 Å². The smallest absolute Gasteiger partial charge is 0.471 e. The molecule has 2 aromatic heterocycles. The Kier molecular flexibility index (Phi) is 4.86. The first-order valence-electron chi connectivity index (χ1n) is 6.70. The standard InChI is InChI=1S/C14H14F3N5O2/c1-8(10-4-11(24-3)6-18-5-10)21-22-7-12(19-9(22)2)20-13(23)14(15,16)17/h4-7H,1-3H3,(H,20,23)/b21-8+. The van der Waals surface area contributed by atoms with Crippen LogP contribution in [0.2, 0.25) is 0 Å². The van der Waals surface area contributed by atoms with Crippen molar-refractivity contribution in [1.29, 1.82) is 0 Å². The number of imidazole rings is 1. The number of rotatable bonds is 4. The average molecular weight is 341 g/mol. The maximum Gasteiger partial charge on any atom is 0.471 e. The molecule has 2 rings (SSSR count). The largest absolute Gasteiger partial charge is 0.495 e. The molecule has 0 bridgehead atoms. The molecule has 1 N–H and O–H groups in total. The van der Waals surface area contributed by atoms with E-state index < -0.39 is 12.1 Å². The second-order valence-electron chi connectivity index (χ2n) is 4.77. The van der Waals surface area contributed by atoms with Crippen molar-refractivity contribution >= 4 is 17.4 Å². The fourth-order valence-corrected chi connectivity index (χ4v) is 1.76. The van der Waals surface area contributed by atoms with E-state index in [-0.39, 0.29) is 5.82 Å². The number of amides is 1. The third-order valence-electron chi connectivity index (χ3n) is 2.98. The SMILES string of the molecule is COc1cncc(/C(C)=N/n2cc(NC(=O)C(F)(F)F)nc2C)c1. The molecular formula is C14H14F3N5O2. The van der Waals surface area contributed by atoms with Crippen LogP contribution in [0.15, 0.2) is 29.8 Å². The Morgan fingerprint density at radius 1 is 1.38 bits per heavy atom. The van der Waals surface area contributed by atoms with Gasteiger partial charge in [0.05, 0.1) is 25.2 Å². The van der Waals surface area contributed by atoms with E-state index in [1.54, 1.807) is 31.4 Å². The van der Waals surface area contributed by atoms with Crippen molar-refractivity contribution in [2.45, 2.75) is 20.0 Å². The fourth-order valence-electron chi connectivity index (χ4n) is 1.76. The van der Waals surface area contributed by atoms with Gasteiger partial charge in [0.15, 0.2) is 5.82 Å². The van der Waals surface area contributed by atoms with Crippen LogP contribution in [0.4, 0.5) is 19.0 Å². The van der Waals surface area contributed by atoms with Crippen LogP contribution in [-0.2, 0) is 4.79 Å². The predicted octanol–water partition coefficient (Wildman–Crippen LogP) is 2.37. The molecule has 0 saturated heterocycles. The van der Waals surface area contributed by atoms with E-state index in [1.165, 1.54) is 24.2 Å². The number of nitrogens with one attached hydrogen (secondary N) is 1. The minimum absolute atomic E-state index is 0.241. The highest BCUT2D eigenvalue weighted by Gasteiger charge is 2.39. The number of hydrogen-bond acceptors (Lipinski definition) is 5. The second-order valence-corrected chi connectivity index (χ2v) is 4.77. The minimum Gasteiger partial charge on any atom is -0.495 e. The lowest BCUT2D eigenvalue weighted by atomic mass is 10.2. The lowest BCUT2D eigenvalue weighted by Gasteiger charge is -2.05. The molecule has 2 aromatic rings.